The molecule has 1 heterocycles. The third kappa shape index (κ3) is 4.24. The van der Waals surface area contributed by atoms with Gasteiger partial charge >= 0.3 is 5.97 Å². The van der Waals surface area contributed by atoms with Crippen LogP contribution in [-0.2, 0) is 0 Å². The van der Waals surface area contributed by atoms with Gasteiger partial charge in [0.15, 0.2) is 5.69 Å². The monoisotopic (exact) mass is 361 g/mol. The molecule has 8 heteroatoms. The molecule has 1 fully saturated rings. The lowest BCUT2D eigenvalue weighted by Gasteiger charge is -2.25. The van der Waals surface area contributed by atoms with Crippen molar-refractivity contribution in [2.75, 3.05) is 11.9 Å². The van der Waals surface area contributed by atoms with Crippen LogP contribution in [0.1, 0.15) is 40.2 Å². The van der Waals surface area contributed by atoms with Crippen LogP contribution in [0.3, 0.4) is 0 Å². The standard InChI is InChI=1S/C17H16ClN3O4/c18-11-4-5-15(25-9-10-2-1-3-10)12(6-11)21-16(22)13-7-20-14(8-19-13)17(23)24/h4-8,10H,1-3,9H2,(H,21,22)(H,23,24). The molecule has 0 atom stereocenters. The maximum atomic E-state index is 12.3. The number of hydrogen-bond acceptors (Lipinski definition) is 5. The number of carbonyl (C=O) groups is 2. The summed E-state index contributed by atoms with van der Waals surface area (Å²) in [7, 11) is 0. The summed E-state index contributed by atoms with van der Waals surface area (Å²) in [6.07, 6.45) is 5.67. The summed E-state index contributed by atoms with van der Waals surface area (Å²) in [5.41, 5.74) is 0.194. The summed E-state index contributed by atoms with van der Waals surface area (Å²) in [6, 6.07) is 4.99. The van der Waals surface area contributed by atoms with Crippen molar-refractivity contribution in [3.63, 3.8) is 0 Å². The van der Waals surface area contributed by atoms with E-state index >= 15 is 0 Å². The van der Waals surface area contributed by atoms with Crippen LogP contribution in [0.2, 0.25) is 5.02 Å². The first kappa shape index (κ1) is 17.2. The number of ether oxygens (including phenoxy) is 1. The fourth-order valence-electron chi connectivity index (χ4n) is 2.33. The molecular weight excluding hydrogens is 346 g/mol. The van der Waals surface area contributed by atoms with Gasteiger partial charge in [0.25, 0.3) is 5.91 Å². The van der Waals surface area contributed by atoms with E-state index in [1.807, 2.05) is 0 Å². The highest BCUT2D eigenvalue weighted by atomic mass is 35.5. The van der Waals surface area contributed by atoms with Gasteiger partial charge in [-0.25, -0.2) is 14.8 Å². The Balaban J connectivity index is 1.72. The number of aromatic nitrogens is 2. The van der Waals surface area contributed by atoms with Crippen LogP contribution in [-0.4, -0.2) is 33.6 Å². The third-order valence-electron chi connectivity index (χ3n) is 3.99. The lowest BCUT2D eigenvalue weighted by molar-refractivity contribution is 0.0689. The van der Waals surface area contributed by atoms with E-state index < -0.39 is 11.9 Å². The molecule has 2 aromatic rings. The number of rotatable bonds is 6. The van der Waals surface area contributed by atoms with Crippen molar-refractivity contribution in [1.82, 2.24) is 9.97 Å². The Morgan fingerprint density at radius 3 is 2.56 bits per heavy atom. The number of halogens is 1. The smallest absolute Gasteiger partial charge is 0.356 e. The Kier molecular flexibility index (Phi) is 5.14. The van der Waals surface area contributed by atoms with Crippen molar-refractivity contribution in [1.29, 1.82) is 0 Å². The molecule has 1 aliphatic rings. The van der Waals surface area contributed by atoms with Gasteiger partial charge in [-0.1, -0.05) is 18.0 Å². The van der Waals surface area contributed by atoms with Crippen molar-refractivity contribution in [3.05, 3.63) is 47.0 Å². The Labute approximate surface area is 149 Å². The second-order valence-electron chi connectivity index (χ2n) is 5.79. The fourth-order valence-corrected chi connectivity index (χ4v) is 2.51. The molecule has 7 nitrogen and oxygen atoms in total. The van der Waals surface area contributed by atoms with Gasteiger partial charge in [-0.05, 0) is 37.0 Å². The maximum absolute atomic E-state index is 12.3. The first-order chi connectivity index (χ1) is 12.0. The second-order valence-corrected chi connectivity index (χ2v) is 6.23. The van der Waals surface area contributed by atoms with E-state index in [-0.39, 0.29) is 11.4 Å². The van der Waals surface area contributed by atoms with E-state index in [2.05, 4.69) is 15.3 Å². The molecule has 1 saturated carbocycles. The average Bonchev–Trinajstić information content (AvgIpc) is 2.55. The highest BCUT2D eigenvalue weighted by Gasteiger charge is 2.19. The molecule has 130 valence electrons. The predicted molar refractivity (Wildman–Crippen MR) is 91.2 cm³/mol. The molecule has 0 aliphatic heterocycles. The molecular formula is C17H16ClN3O4. The predicted octanol–water partition coefficient (Wildman–Crippen LogP) is 3.26. The topological polar surface area (TPSA) is 101 Å². The summed E-state index contributed by atoms with van der Waals surface area (Å²) < 4.78 is 5.80. The number of benzene rings is 1. The van der Waals surface area contributed by atoms with E-state index in [1.165, 1.54) is 6.42 Å². The van der Waals surface area contributed by atoms with E-state index in [4.69, 9.17) is 21.4 Å². The molecule has 1 aliphatic carbocycles. The van der Waals surface area contributed by atoms with Gasteiger partial charge in [-0.2, -0.15) is 0 Å². The molecule has 1 amide bonds. The minimum atomic E-state index is -1.21. The average molecular weight is 362 g/mol. The van der Waals surface area contributed by atoms with Gasteiger partial charge < -0.3 is 15.2 Å². The zero-order chi connectivity index (χ0) is 17.8. The highest BCUT2D eigenvalue weighted by molar-refractivity contribution is 6.31. The third-order valence-corrected chi connectivity index (χ3v) is 4.23. The SMILES string of the molecule is O=C(O)c1cnc(C(=O)Nc2cc(Cl)ccc2OCC2CCC2)cn1. The number of amides is 1. The van der Waals surface area contributed by atoms with Crippen molar-refractivity contribution in [2.45, 2.75) is 19.3 Å². The van der Waals surface area contributed by atoms with Crippen molar-refractivity contribution in [3.8, 4) is 5.75 Å². The Hall–Kier alpha value is -2.67. The summed E-state index contributed by atoms with van der Waals surface area (Å²) in [5.74, 6) is -0.658. The summed E-state index contributed by atoms with van der Waals surface area (Å²) >= 11 is 6.00. The van der Waals surface area contributed by atoms with Gasteiger partial charge in [0, 0.05) is 5.02 Å². The number of hydrogen-bond donors (Lipinski definition) is 2. The van der Waals surface area contributed by atoms with E-state index in [0.29, 0.717) is 29.0 Å². The zero-order valence-electron chi connectivity index (χ0n) is 13.2. The van der Waals surface area contributed by atoms with Crippen LogP contribution in [0.5, 0.6) is 5.75 Å². The fraction of sp³-hybridized carbons (Fsp3) is 0.294. The molecule has 0 spiro atoms. The second kappa shape index (κ2) is 7.48. The quantitative estimate of drug-likeness (QED) is 0.818. The van der Waals surface area contributed by atoms with Gasteiger partial charge in [0.1, 0.15) is 11.4 Å². The van der Waals surface area contributed by atoms with Gasteiger partial charge in [-0.3, -0.25) is 4.79 Å². The summed E-state index contributed by atoms with van der Waals surface area (Å²) in [4.78, 5) is 30.6. The van der Waals surface area contributed by atoms with Crippen LogP contribution in [0.4, 0.5) is 5.69 Å². The lowest BCUT2D eigenvalue weighted by atomic mass is 9.86. The van der Waals surface area contributed by atoms with Crippen LogP contribution >= 0.6 is 11.6 Å². The van der Waals surface area contributed by atoms with Crippen LogP contribution in [0.25, 0.3) is 0 Å². The van der Waals surface area contributed by atoms with E-state index in [9.17, 15) is 9.59 Å². The Bertz CT molecular complexity index is 791. The summed E-state index contributed by atoms with van der Waals surface area (Å²) in [6.45, 7) is 0.595. The van der Waals surface area contributed by atoms with Crippen molar-refractivity contribution < 1.29 is 19.4 Å². The van der Waals surface area contributed by atoms with Crippen molar-refractivity contribution >= 4 is 29.2 Å². The molecule has 1 aromatic heterocycles. The van der Waals surface area contributed by atoms with Crippen LogP contribution in [0.15, 0.2) is 30.6 Å². The van der Waals surface area contributed by atoms with E-state index in [0.717, 1.165) is 25.2 Å². The molecule has 25 heavy (non-hydrogen) atoms. The van der Waals surface area contributed by atoms with Gasteiger partial charge in [0.05, 0.1) is 24.7 Å². The number of nitrogens with one attached hydrogen (secondary N) is 1. The first-order valence-electron chi connectivity index (χ1n) is 7.82. The summed E-state index contributed by atoms with van der Waals surface area (Å²) in [5, 5.41) is 11.9. The van der Waals surface area contributed by atoms with Crippen molar-refractivity contribution in [2.24, 2.45) is 5.92 Å². The number of carbonyl (C=O) groups excluding carboxylic acids is 1. The Morgan fingerprint density at radius 2 is 1.96 bits per heavy atom. The number of carboxylic acid groups (broad SMARTS) is 1. The lowest BCUT2D eigenvalue weighted by Crippen LogP contribution is -2.20. The molecule has 0 saturated heterocycles. The molecule has 0 unspecified atom stereocenters. The first-order valence-corrected chi connectivity index (χ1v) is 8.20. The highest BCUT2D eigenvalue weighted by Crippen LogP contribution is 2.31. The van der Waals surface area contributed by atoms with E-state index in [1.54, 1.807) is 18.2 Å². The van der Waals surface area contributed by atoms with Crippen LogP contribution < -0.4 is 10.1 Å². The normalized spacial score (nSPS) is 13.8. The number of anilines is 1. The molecule has 0 bridgehead atoms. The number of aromatic carboxylic acids is 1. The molecule has 3 rings (SSSR count). The van der Waals surface area contributed by atoms with Crippen LogP contribution in [0, 0.1) is 5.92 Å². The molecule has 0 radical (unpaired) electrons. The molecule has 1 aromatic carbocycles. The number of nitrogens with zero attached hydrogens (tertiary/aromatic N) is 2. The largest absolute Gasteiger partial charge is 0.491 e. The zero-order valence-corrected chi connectivity index (χ0v) is 14.0. The minimum Gasteiger partial charge on any atom is -0.491 e. The maximum Gasteiger partial charge on any atom is 0.356 e. The van der Waals surface area contributed by atoms with Gasteiger partial charge in [-0.15, -0.1) is 0 Å². The minimum absolute atomic E-state index is 0.00471. The van der Waals surface area contributed by atoms with Gasteiger partial charge in [0.2, 0.25) is 0 Å². The Morgan fingerprint density at radius 1 is 1.24 bits per heavy atom. The number of carboxylic acids is 1. The molecule has 2 N–H and O–H groups in total.